The molecule has 2 aromatic carbocycles. The quantitative estimate of drug-likeness (QED) is 0.905. The Hall–Kier alpha value is -2.82. The molecule has 0 aliphatic carbocycles. The largest absolute Gasteiger partial charge is 0.334 e. The first kappa shape index (κ1) is 16.1. The Bertz CT molecular complexity index is 741. The van der Waals surface area contributed by atoms with Crippen LogP contribution in [0.4, 0.5) is 16.2 Å². The van der Waals surface area contributed by atoms with Crippen molar-refractivity contribution >= 4 is 23.3 Å². The van der Waals surface area contributed by atoms with Gasteiger partial charge >= 0.3 is 6.03 Å². The molecule has 1 heterocycles. The van der Waals surface area contributed by atoms with Gasteiger partial charge in [0.15, 0.2) is 0 Å². The SMILES string of the molecule is Cc1cccc(NC(=O)NCc2ccc(N3CCCC3=O)cc2)c1. The molecular weight excluding hydrogens is 302 g/mol. The minimum absolute atomic E-state index is 0.179. The Morgan fingerprint density at radius 3 is 2.62 bits per heavy atom. The molecule has 2 N–H and O–H groups in total. The molecule has 3 rings (SSSR count). The van der Waals surface area contributed by atoms with Crippen LogP contribution in [0.25, 0.3) is 0 Å². The maximum absolute atomic E-state index is 11.9. The van der Waals surface area contributed by atoms with E-state index in [0.717, 1.165) is 35.5 Å². The van der Waals surface area contributed by atoms with E-state index < -0.39 is 0 Å². The molecule has 124 valence electrons. The number of urea groups is 1. The fraction of sp³-hybridized carbons (Fsp3) is 0.263. The molecule has 24 heavy (non-hydrogen) atoms. The van der Waals surface area contributed by atoms with Crippen molar-refractivity contribution in [1.82, 2.24) is 5.32 Å². The van der Waals surface area contributed by atoms with Gasteiger partial charge in [0, 0.05) is 30.9 Å². The summed E-state index contributed by atoms with van der Waals surface area (Å²) in [5, 5.41) is 5.65. The van der Waals surface area contributed by atoms with Gasteiger partial charge in [-0.05, 0) is 48.7 Å². The van der Waals surface area contributed by atoms with E-state index in [1.165, 1.54) is 0 Å². The van der Waals surface area contributed by atoms with Crippen LogP contribution in [0.2, 0.25) is 0 Å². The van der Waals surface area contributed by atoms with Gasteiger partial charge in [0.1, 0.15) is 0 Å². The Morgan fingerprint density at radius 1 is 1.17 bits per heavy atom. The van der Waals surface area contributed by atoms with Gasteiger partial charge in [0.25, 0.3) is 0 Å². The highest BCUT2D eigenvalue weighted by molar-refractivity contribution is 5.95. The molecule has 5 nitrogen and oxygen atoms in total. The minimum atomic E-state index is -0.237. The van der Waals surface area contributed by atoms with E-state index in [9.17, 15) is 9.59 Å². The second-order valence-electron chi connectivity index (χ2n) is 5.99. The highest BCUT2D eigenvalue weighted by atomic mass is 16.2. The maximum atomic E-state index is 11.9. The fourth-order valence-corrected chi connectivity index (χ4v) is 2.80. The van der Waals surface area contributed by atoms with E-state index in [1.807, 2.05) is 60.4 Å². The number of hydrogen-bond donors (Lipinski definition) is 2. The van der Waals surface area contributed by atoms with Gasteiger partial charge in [-0.25, -0.2) is 4.79 Å². The zero-order valence-electron chi connectivity index (χ0n) is 13.7. The number of benzene rings is 2. The monoisotopic (exact) mass is 323 g/mol. The van der Waals surface area contributed by atoms with Crippen LogP contribution in [0.5, 0.6) is 0 Å². The molecule has 0 spiro atoms. The summed E-state index contributed by atoms with van der Waals surface area (Å²) in [5.41, 5.74) is 3.78. The van der Waals surface area contributed by atoms with Crippen molar-refractivity contribution in [2.45, 2.75) is 26.3 Å². The molecule has 0 aromatic heterocycles. The van der Waals surface area contributed by atoms with Crippen molar-refractivity contribution in [3.05, 3.63) is 59.7 Å². The number of rotatable bonds is 4. The summed E-state index contributed by atoms with van der Waals surface area (Å²) in [4.78, 5) is 25.5. The van der Waals surface area contributed by atoms with Crippen molar-refractivity contribution in [1.29, 1.82) is 0 Å². The Labute approximate surface area is 141 Å². The molecular formula is C19H21N3O2. The van der Waals surface area contributed by atoms with Crippen LogP contribution in [-0.2, 0) is 11.3 Å². The van der Waals surface area contributed by atoms with Crippen molar-refractivity contribution in [2.75, 3.05) is 16.8 Å². The zero-order valence-corrected chi connectivity index (χ0v) is 13.7. The van der Waals surface area contributed by atoms with Crippen molar-refractivity contribution in [3.63, 3.8) is 0 Å². The average Bonchev–Trinajstić information content (AvgIpc) is 2.99. The summed E-state index contributed by atoms with van der Waals surface area (Å²) in [6.45, 7) is 3.21. The first-order valence-corrected chi connectivity index (χ1v) is 8.13. The van der Waals surface area contributed by atoms with Crippen LogP contribution in [-0.4, -0.2) is 18.5 Å². The summed E-state index contributed by atoms with van der Waals surface area (Å²) in [6.07, 6.45) is 1.55. The van der Waals surface area contributed by atoms with Crippen LogP contribution in [0.1, 0.15) is 24.0 Å². The van der Waals surface area contributed by atoms with Gasteiger partial charge in [-0.2, -0.15) is 0 Å². The van der Waals surface area contributed by atoms with Gasteiger partial charge in [0.2, 0.25) is 5.91 Å². The van der Waals surface area contributed by atoms with Gasteiger partial charge in [-0.1, -0.05) is 24.3 Å². The van der Waals surface area contributed by atoms with Crippen LogP contribution in [0.3, 0.4) is 0 Å². The van der Waals surface area contributed by atoms with Crippen LogP contribution in [0.15, 0.2) is 48.5 Å². The predicted octanol–water partition coefficient (Wildman–Crippen LogP) is 3.44. The Morgan fingerprint density at radius 2 is 1.96 bits per heavy atom. The summed E-state index contributed by atoms with van der Waals surface area (Å²) in [7, 11) is 0. The third-order valence-electron chi connectivity index (χ3n) is 4.05. The number of hydrogen-bond acceptors (Lipinski definition) is 2. The summed E-state index contributed by atoms with van der Waals surface area (Å²) >= 11 is 0. The molecule has 5 heteroatoms. The smallest absolute Gasteiger partial charge is 0.319 e. The van der Waals surface area contributed by atoms with Gasteiger partial charge < -0.3 is 15.5 Å². The van der Waals surface area contributed by atoms with E-state index in [2.05, 4.69) is 10.6 Å². The molecule has 0 radical (unpaired) electrons. The minimum Gasteiger partial charge on any atom is -0.334 e. The summed E-state index contributed by atoms with van der Waals surface area (Å²) in [5.74, 6) is 0.179. The molecule has 1 fully saturated rings. The fourth-order valence-electron chi connectivity index (χ4n) is 2.80. The molecule has 1 saturated heterocycles. The average molecular weight is 323 g/mol. The topological polar surface area (TPSA) is 61.4 Å². The standard InChI is InChI=1S/C19H21N3O2/c1-14-4-2-5-16(12-14)21-19(24)20-13-15-7-9-17(10-8-15)22-11-3-6-18(22)23/h2,4-5,7-10,12H,3,6,11,13H2,1H3,(H2,20,21,24). The number of aryl methyl sites for hydroxylation is 1. The number of carbonyl (C=O) groups is 2. The third kappa shape index (κ3) is 3.93. The highest BCUT2D eigenvalue weighted by Gasteiger charge is 2.21. The Kier molecular flexibility index (Phi) is 4.79. The van der Waals surface area contributed by atoms with Gasteiger partial charge in [0.05, 0.1) is 0 Å². The first-order chi connectivity index (χ1) is 11.6. The molecule has 0 unspecified atom stereocenters. The van der Waals surface area contributed by atoms with E-state index in [0.29, 0.717) is 13.0 Å². The lowest BCUT2D eigenvalue weighted by Crippen LogP contribution is -2.28. The lowest BCUT2D eigenvalue weighted by atomic mass is 10.2. The van der Waals surface area contributed by atoms with Crippen molar-refractivity contribution < 1.29 is 9.59 Å². The van der Waals surface area contributed by atoms with E-state index in [-0.39, 0.29) is 11.9 Å². The summed E-state index contributed by atoms with van der Waals surface area (Å²) < 4.78 is 0. The zero-order chi connectivity index (χ0) is 16.9. The van der Waals surface area contributed by atoms with E-state index >= 15 is 0 Å². The number of carbonyl (C=O) groups excluding carboxylic acids is 2. The normalized spacial score (nSPS) is 13.9. The van der Waals surface area contributed by atoms with Crippen LogP contribution in [0, 0.1) is 6.92 Å². The van der Waals surface area contributed by atoms with E-state index in [1.54, 1.807) is 0 Å². The number of nitrogens with one attached hydrogen (secondary N) is 2. The van der Waals surface area contributed by atoms with Crippen LogP contribution >= 0.6 is 0 Å². The molecule has 3 amide bonds. The van der Waals surface area contributed by atoms with Crippen LogP contribution < -0.4 is 15.5 Å². The first-order valence-electron chi connectivity index (χ1n) is 8.13. The lowest BCUT2D eigenvalue weighted by molar-refractivity contribution is -0.117. The summed E-state index contributed by atoms with van der Waals surface area (Å²) in [6, 6.07) is 15.2. The lowest BCUT2D eigenvalue weighted by Gasteiger charge is -2.16. The third-order valence-corrected chi connectivity index (χ3v) is 4.05. The molecule has 0 saturated carbocycles. The van der Waals surface area contributed by atoms with E-state index in [4.69, 9.17) is 0 Å². The van der Waals surface area contributed by atoms with Gasteiger partial charge in [-0.15, -0.1) is 0 Å². The molecule has 0 atom stereocenters. The number of nitrogens with zero attached hydrogens (tertiary/aromatic N) is 1. The highest BCUT2D eigenvalue weighted by Crippen LogP contribution is 2.21. The van der Waals surface area contributed by atoms with Gasteiger partial charge in [-0.3, -0.25) is 4.79 Å². The Balaban J connectivity index is 1.53. The molecule has 1 aliphatic heterocycles. The maximum Gasteiger partial charge on any atom is 0.319 e. The van der Waals surface area contributed by atoms with Crippen molar-refractivity contribution in [3.8, 4) is 0 Å². The second kappa shape index (κ2) is 7.17. The predicted molar refractivity (Wildman–Crippen MR) is 95.1 cm³/mol. The molecule has 0 bridgehead atoms. The number of anilines is 2. The molecule has 2 aromatic rings. The second-order valence-corrected chi connectivity index (χ2v) is 5.99. The molecule has 1 aliphatic rings. The number of amides is 3. The van der Waals surface area contributed by atoms with Crippen molar-refractivity contribution in [2.24, 2.45) is 0 Å².